The van der Waals surface area contributed by atoms with Crippen LogP contribution in [0.25, 0.3) is 0 Å². The molecular formula is C15H25N3O3S2. The first-order chi connectivity index (χ1) is 10.7. The molecule has 0 saturated carbocycles. The minimum absolute atomic E-state index is 0.0302. The van der Waals surface area contributed by atoms with Crippen LogP contribution in [0, 0.1) is 6.92 Å². The fraction of sp³-hybridized carbons (Fsp3) is 0.667. The van der Waals surface area contributed by atoms with Gasteiger partial charge < -0.3 is 10.6 Å². The van der Waals surface area contributed by atoms with Crippen molar-refractivity contribution in [3.8, 4) is 0 Å². The van der Waals surface area contributed by atoms with Crippen molar-refractivity contribution in [3.05, 3.63) is 21.9 Å². The van der Waals surface area contributed by atoms with Crippen LogP contribution in [0.1, 0.15) is 29.5 Å². The zero-order chi connectivity index (χ0) is 17.0. The van der Waals surface area contributed by atoms with Gasteiger partial charge in [0.25, 0.3) is 0 Å². The fourth-order valence-corrected chi connectivity index (χ4v) is 4.69. The number of rotatable bonds is 5. The minimum atomic E-state index is -3.19. The molecule has 2 unspecified atom stereocenters. The van der Waals surface area contributed by atoms with Gasteiger partial charge in [-0.2, -0.15) is 0 Å². The van der Waals surface area contributed by atoms with E-state index in [-0.39, 0.29) is 18.1 Å². The van der Waals surface area contributed by atoms with Crippen LogP contribution in [0.5, 0.6) is 0 Å². The average Bonchev–Trinajstić information content (AvgIpc) is 2.83. The zero-order valence-corrected chi connectivity index (χ0v) is 15.5. The zero-order valence-electron chi connectivity index (χ0n) is 13.8. The first-order valence-corrected chi connectivity index (χ1v) is 10.5. The lowest BCUT2D eigenvalue weighted by Crippen LogP contribution is -2.52. The summed E-state index contributed by atoms with van der Waals surface area (Å²) in [6.45, 7) is 4.92. The molecule has 8 heteroatoms. The molecule has 1 aliphatic heterocycles. The Bertz CT molecular complexity index is 642. The summed E-state index contributed by atoms with van der Waals surface area (Å²) in [4.78, 5) is 14.6. The molecular weight excluding hydrogens is 334 g/mol. The lowest BCUT2D eigenvalue weighted by molar-refractivity contribution is 0.223. The number of carbonyl (C=O) groups is 1. The third kappa shape index (κ3) is 5.78. The Morgan fingerprint density at radius 2 is 2.22 bits per heavy atom. The molecule has 2 N–H and O–H groups in total. The van der Waals surface area contributed by atoms with Crippen LogP contribution in [0.3, 0.4) is 0 Å². The van der Waals surface area contributed by atoms with E-state index < -0.39 is 10.0 Å². The molecule has 1 saturated heterocycles. The molecule has 0 aliphatic carbocycles. The molecule has 1 aromatic rings. The smallest absolute Gasteiger partial charge is 0.315 e. The number of sulfonamides is 1. The number of amides is 2. The SMILES string of the molecule is Cc1ccc(CC(C)NC(=O)NC2CCCN(S(C)(=O)=O)C2)s1. The number of hydrogen-bond donors (Lipinski definition) is 2. The van der Waals surface area contributed by atoms with E-state index in [1.807, 2.05) is 6.92 Å². The first-order valence-electron chi connectivity index (χ1n) is 7.81. The molecule has 6 nitrogen and oxygen atoms in total. The second-order valence-electron chi connectivity index (χ2n) is 6.20. The number of aryl methyl sites for hydroxylation is 1. The number of urea groups is 1. The van der Waals surface area contributed by atoms with Crippen molar-refractivity contribution in [2.24, 2.45) is 0 Å². The van der Waals surface area contributed by atoms with Crippen molar-refractivity contribution in [2.75, 3.05) is 19.3 Å². The highest BCUT2D eigenvalue weighted by Gasteiger charge is 2.26. The number of nitrogens with zero attached hydrogens (tertiary/aromatic N) is 1. The second kappa shape index (κ2) is 7.63. The van der Waals surface area contributed by atoms with E-state index >= 15 is 0 Å². The van der Waals surface area contributed by atoms with Gasteiger partial charge in [0.2, 0.25) is 10.0 Å². The van der Waals surface area contributed by atoms with Crippen molar-refractivity contribution in [3.63, 3.8) is 0 Å². The van der Waals surface area contributed by atoms with E-state index in [0.717, 1.165) is 19.3 Å². The van der Waals surface area contributed by atoms with Crippen LogP contribution in [0.4, 0.5) is 4.79 Å². The molecule has 0 radical (unpaired) electrons. The van der Waals surface area contributed by atoms with Crippen LogP contribution in [-0.2, 0) is 16.4 Å². The van der Waals surface area contributed by atoms with E-state index in [4.69, 9.17) is 0 Å². The van der Waals surface area contributed by atoms with Crippen molar-refractivity contribution in [1.29, 1.82) is 0 Å². The number of piperidine rings is 1. The van der Waals surface area contributed by atoms with Gasteiger partial charge >= 0.3 is 6.03 Å². The molecule has 0 bridgehead atoms. The maximum atomic E-state index is 12.1. The molecule has 2 heterocycles. The number of nitrogens with one attached hydrogen (secondary N) is 2. The van der Waals surface area contributed by atoms with Crippen molar-refractivity contribution >= 4 is 27.4 Å². The van der Waals surface area contributed by atoms with Crippen LogP contribution < -0.4 is 10.6 Å². The van der Waals surface area contributed by atoms with Gasteiger partial charge in [0.15, 0.2) is 0 Å². The predicted octanol–water partition coefficient (Wildman–Crippen LogP) is 1.71. The highest BCUT2D eigenvalue weighted by atomic mass is 32.2. The number of carbonyl (C=O) groups excluding carboxylic acids is 1. The Labute approximate surface area is 142 Å². The number of hydrogen-bond acceptors (Lipinski definition) is 4. The Balaban J connectivity index is 1.79. The Morgan fingerprint density at radius 1 is 1.48 bits per heavy atom. The second-order valence-corrected chi connectivity index (χ2v) is 9.55. The third-order valence-corrected chi connectivity index (χ3v) is 6.16. The molecule has 23 heavy (non-hydrogen) atoms. The summed E-state index contributed by atoms with van der Waals surface area (Å²) in [5.74, 6) is 0. The molecule has 1 aromatic heterocycles. The van der Waals surface area contributed by atoms with Gasteiger partial charge in [-0.1, -0.05) is 0 Å². The maximum Gasteiger partial charge on any atom is 0.315 e. The van der Waals surface area contributed by atoms with Gasteiger partial charge in [-0.05, 0) is 38.8 Å². The Hall–Kier alpha value is -1.12. The van der Waals surface area contributed by atoms with Gasteiger partial charge in [0, 0.05) is 41.3 Å². The maximum absolute atomic E-state index is 12.1. The standard InChI is InChI=1S/C15H25N3O3S2/c1-11(9-14-7-6-12(2)22-14)16-15(19)17-13-5-4-8-18(10-13)23(3,20)21/h6-7,11,13H,4-5,8-10H2,1-3H3,(H2,16,17,19). The van der Waals surface area contributed by atoms with E-state index in [9.17, 15) is 13.2 Å². The summed E-state index contributed by atoms with van der Waals surface area (Å²) in [7, 11) is -3.19. The molecule has 2 atom stereocenters. The largest absolute Gasteiger partial charge is 0.335 e. The van der Waals surface area contributed by atoms with E-state index in [1.54, 1.807) is 11.3 Å². The van der Waals surface area contributed by atoms with Gasteiger partial charge in [-0.15, -0.1) is 11.3 Å². The minimum Gasteiger partial charge on any atom is -0.335 e. The molecule has 0 aromatic carbocycles. The van der Waals surface area contributed by atoms with Crippen LogP contribution >= 0.6 is 11.3 Å². The van der Waals surface area contributed by atoms with Crippen molar-refractivity contribution in [2.45, 2.75) is 45.2 Å². The Kier molecular flexibility index (Phi) is 6.05. The van der Waals surface area contributed by atoms with Crippen LogP contribution in [0.15, 0.2) is 12.1 Å². The highest BCUT2D eigenvalue weighted by Crippen LogP contribution is 2.17. The van der Waals surface area contributed by atoms with Gasteiger partial charge in [0.1, 0.15) is 0 Å². The summed E-state index contributed by atoms with van der Waals surface area (Å²) in [6.07, 6.45) is 3.58. The fourth-order valence-electron chi connectivity index (χ4n) is 2.76. The van der Waals surface area contributed by atoms with Crippen molar-refractivity contribution < 1.29 is 13.2 Å². The van der Waals surface area contributed by atoms with E-state index in [2.05, 4.69) is 29.7 Å². The first kappa shape index (κ1) is 18.2. The molecule has 1 fully saturated rings. The summed E-state index contributed by atoms with van der Waals surface area (Å²) in [5.41, 5.74) is 0. The molecule has 130 valence electrons. The molecule has 0 spiro atoms. The van der Waals surface area contributed by atoms with Gasteiger partial charge in [0.05, 0.1) is 6.26 Å². The molecule has 2 amide bonds. The van der Waals surface area contributed by atoms with Gasteiger partial charge in [-0.25, -0.2) is 17.5 Å². The van der Waals surface area contributed by atoms with Crippen LogP contribution in [-0.4, -0.2) is 50.2 Å². The number of thiophene rings is 1. The highest BCUT2D eigenvalue weighted by molar-refractivity contribution is 7.88. The average molecular weight is 360 g/mol. The van der Waals surface area contributed by atoms with E-state index in [0.29, 0.717) is 13.1 Å². The topological polar surface area (TPSA) is 78.5 Å². The van der Waals surface area contributed by atoms with Gasteiger partial charge in [-0.3, -0.25) is 0 Å². The van der Waals surface area contributed by atoms with Crippen LogP contribution in [0.2, 0.25) is 0 Å². The van der Waals surface area contributed by atoms with E-state index in [1.165, 1.54) is 20.3 Å². The predicted molar refractivity (Wildman–Crippen MR) is 93.3 cm³/mol. The summed E-state index contributed by atoms with van der Waals surface area (Å²) in [5, 5.41) is 5.82. The normalized spacial score (nSPS) is 20.9. The quantitative estimate of drug-likeness (QED) is 0.840. The Morgan fingerprint density at radius 3 is 2.83 bits per heavy atom. The molecule has 1 aliphatic rings. The summed E-state index contributed by atoms with van der Waals surface area (Å²) >= 11 is 1.74. The monoisotopic (exact) mass is 359 g/mol. The summed E-state index contributed by atoms with van der Waals surface area (Å²) < 4.78 is 24.6. The third-order valence-electron chi connectivity index (χ3n) is 3.87. The lowest BCUT2D eigenvalue weighted by Gasteiger charge is -2.31. The summed E-state index contributed by atoms with van der Waals surface area (Å²) in [6, 6.07) is 3.83. The lowest BCUT2D eigenvalue weighted by atomic mass is 10.1. The van der Waals surface area contributed by atoms with Crippen molar-refractivity contribution in [1.82, 2.24) is 14.9 Å². The molecule has 2 rings (SSSR count).